The summed E-state index contributed by atoms with van der Waals surface area (Å²) >= 11 is 3.27. The molecule has 0 fully saturated rings. The number of hydrogen-bond acceptors (Lipinski definition) is 6. The Morgan fingerprint density at radius 2 is 2.41 bits per heavy atom. The van der Waals surface area contributed by atoms with Gasteiger partial charge in [-0.1, -0.05) is 18.7 Å². The predicted octanol–water partition coefficient (Wildman–Crippen LogP) is 2.78. The Bertz CT molecular complexity index is 589. The first-order valence-electron chi connectivity index (χ1n) is 7.08. The number of carbonyl (C=O) groups excluding carboxylic acids is 1. The monoisotopic (exact) mass is 337 g/mol. The number of rotatable bonds is 8. The first-order valence-corrected chi connectivity index (χ1v) is 8.94. The van der Waals surface area contributed by atoms with Crippen molar-refractivity contribution in [2.24, 2.45) is 0 Å². The zero-order chi connectivity index (χ0) is 15.8. The summed E-state index contributed by atoms with van der Waals surface area (Å²) in [5.41, 5.74) is 0.819. The van der Waals surface area contributed by atoms with Crippen LogP contribution in [0, 0.1) is 0 Å². The third-order valence-corrected chi connectivity index (χ3v) is 4.65. The molecule has 0 aliphatic rings. The van der Waals surface area contributed by atoms with E-state index < -0.39 is 0 Å². The van der Waals surface area contributed by atoms with E-state index in [2.05, 4.69) is 22.2 Å². The number of pyridine rings is 1. The fourth-order valence-corrected chi connectivity index (χ4v) is 3.48. The molecule has 2 aromatic heterocycles. The van der Waals surface area contributed by atoms with Gasteiger partial charge in [0, 0.05) is 11.6 Å². The molecule has 1 atom stereocenters. The Morgan fingerprint density at radius 3 is 3.14 bits per heavy atom. The van der Waals surface area contributed by atoms with E-state index in [0.29, 0.717) is 18.7 Å². The minimum absolute atomic E-state index is 0.0417. The lowest BCUT2D eigenvalue weighted by Gasteiger charge is -2.14. The number of nitrogens with zero attached hydrogens (tertiary/aromatic N) is 2. The van der Waals surface area contributed by atoms with Crippen molar-refractivity contribution in [1.29, 1.82) is 0 Å². The maximum absolute atomic E-state index is 11.9. The third-order valence-electron chi connectivity index (χ3n) is 2.70. The Labute approximate surface area is 138 Å². The molecule has 0 saturated carbocycles. The number of thioether (sulfide) groups is 1. The molecule has 22 heavy (non-hydrogen) atoms. The van der Waals surface area contributed by atoms with E-state index in [-0.39, 0.29) is 12.0 Å². The normalized spacial score (nSPS) is 11.9. The average Bonchev–Trinajstić information content (AvgIpc) is 2.94. The van der Waals surface area contributed by atoms with Crippen molar-refractivity contribution in [3.63, 3.8) is 0 Å². The Kier molecular flexibility index (Phi) is 6.67. The van der Waals surface area contributed by atoms with Crippen LogP contribution in [0.3, 0.4) is 0 Å². The summed E-state index contributed by atoms with van der Waals surface area (Å²) in [5.74, 6) is 1.65. The van der Waals surface area contributed by atoms with Gasteiger partial charge in [0.05, 0.1) is 24.9 Å². The van der Waals surface area contributed by atoms with Crippen molar-refractivity contribution in [2.45, 2.75) is 30.7 Å². The molecular weight excluding hydrogens is 318 g/mol. The smallest absolute Gasteiger partial charge is 0.226 e. The molecule has 0 bridgehead atoms. The number of ether oxygens (including phenoxy) is 1. The molecule has 5 nitrogen and oxygen atoms in total. The first kappa shape index (κ1) is 16.8. The van der Waals surface area contributed by atoms with Crippen molar-refractivity contribution >= 4 is 29.0 Å². The summed E-state index contributed by atoms with van der Waals surface area (Å²) in [5, 5.41) is 4.80. The van der Waals surface area contributed by atoms with Gasteiger partial charge in [-0.25, -0.2) is 4.98 Å². The van der Waals surface area contributed by atoms with E-state index in [0.717, 1.165) is 15.8 Å². The van der Waals surface area contributed by atoms with Crippen molar-refractivity contribution in [1.82, 2.24) is 15.3 Å². The van der Waals surface area contributed by atoms with Gasteiger partial charge in [0.25, 0.3) is 0 Å². The van der Waals surface area contributed by atoms with Crippen LogP contribution in [0.25, 0.3) is 0 Å². The molecule has 2 rings (SSSR count). The van der Waals surface area contributed by atoms with E-state index in [4.69, 9.17) is 4.74 Å². The van der Waals surface area contributed by atoms with Gasteiger partial charge in [-0.2, -0.15) is 0 Å². The molecule has 1 amide bonds. The Balaban J connectivity index is 1.72. The SMILES string of the molecule is CCSc1nc(CC(=O)NC[C@H](C)Oc2cccnc2)cs1. The van der Waals surface area contributed by atoms with E-state index in [1.807, 2.05) is 24.4 Å². The minimum Gasteiger partial charge on any atom is -0.487 e. The van der Waals surface area contributed by atoms with Gasteiger partial charge >= 0.3 is 0 Å². The van der Waals surface area contributed by atoms with E-state index in [1.54, 1.807) is 35.5 Å². The number of aromatic nitrogens is 2. The van der Waals surface area contributed by atoms with Gasteiger partial charge in [0.1, 0.15) is 16.2 Å². The van der Waals surface area contributed by atoms with Crippen molar-refractivity contribution in [2.75, 3.05) is 12.3 Å². The second-order valence-corrected chi connectivity index (χ2v) is 7.01. The summed E-state index contributed by atoms with van der Waals surface area (Å²) < 4.78 is 6.67. The lowest BCUT2D eigenvalue weighted by atomic mass is 10.3. The third kappa shape index (κ3) is 5.65. The second kappa shape index (κ2) is 8.75. The van der Waals surface area contributed by atoms with Crippen molar-refractivity contribution in [3.8, 4) is 5.75 Å². The van der Waals surface area contributed by atoms with E-state index >= 15 is 0 Å². The fraction of sp³-hybridized carbons (Fsp3) is 0.400. The molecule has 7 heteroatoms. The summed E-state index contributed by atoms with van der Waals surface area (Å²) in [6, 6.07) is 3.66. The Hall–Kier alpha value is -1.60. The van der Waals surface area contributed by atoms with Gasteiger partial charge in [-0.05, 0) is 24.8 Å². The molecule has 0 aliphatic carbocycles. The molecule has 1 N–H and O–H groups in total. The largest absolute Gasteiger partial charge is 0.487 e. The van der Waals surface area contributed by atoms with Crippen LogP contribution < -0.4 is 10.1 Å². The van der Waals surface area contributed by atoms with Crippen LogP contribution in [-0.4, -0.2) is 34.3 Å². The highest BCUT2D eigenvalue weighted by Crippen LogP contribution is 2.22. The predicted molar refractivity (Wildman–Crippen MR) is 89.6 cm³/mol. The molecule has 118 valence electrons. The molecule has 0 radical (unpaired) electrons. The summed E-state index contributed by atoms with van der Waals surface area (Å²) in [7, 11) is 0. The second-order valence-electron chi connectivity index (χ2n) is 4.64. The van der Waals surface area contributed by atoms with Crippen LogP contribution in [0.15, 0.2) is 34.2 Å². The van der Waals surface area contributed by atoms with Gasteiger partial charge in [0.2, 0.25) is 5.91 Å². The highest BCUT2D eigenvalue weighted by atomic mass is 32.2. The lowest BCUT2D eigenvalue weighted by molar-refractivity contribution is -0.120. The minimum atomic E-state index is -0.116. The number of amides is 1. The van der Waals surface area contributed by atoms with Gasteiger partial charge in [0.15, 0.2) is 0 Å². The molecule has 0 aromatic carbocycles. The van der Waals surface area contributed by atoms with Crippen LogP contribution in [-0.2, 0) is 11.2 Å². The van der Waals surface area contributed by atoms with Crippen LogP contribution in [0.1, 0.15) is 19.5 Å². The van der Waals surface area contributed by atoms with E-state index in [9.17, 15) is 4.79 Å². The molecular formula is C15H19N3O2S2. The molecule has 0 aliphatic heterocycles. The topological polar surface area (TPSA) is 64.1 Å². The lowest BCUT2D eigenvalue weighted by Crippen LogP contribution is -2.34. The quantitative estimate of drug-likeness (QED) is 0.751. The highest BCUT2D eigenvalue weighted by Gasteiger charge is 2.10. The van der Waals surface area contributed by atoms with Crippen molar-refractivity contribution in [3.05, 3.63) is 35.6 Å². The molecule has 0 saturated heterocycles. The summed E-state index contributed by atoms with van der Waals surface area (Å²) in [4.78, 5) is 20.3. The maximum Gasteiger partial charge on any atom is 0.226 e. The molecule has 0 spiro atoms. The molecule has 2 heterocycles. The van der Waals surface area contributed by atoms with Gasteiger partial charge in [-0.3, -0.25) is 9.78 Å². The summed E-state index contributed by atoms with van der Waals surface area (Å²) in [6.45, 7) is 4.45. The first-order chi connectivity index (χ1) is 10.7. The van der Waals surface area contributed by atoms with Gasteiger partial charge < -0.3 is 10.1 Å². The van der Waals surface area contributed by atoms with Gasteiger partial charge in [-0.15, -0.1) is 11.3 Å². The standard InChI is InChI=1S/C15H19N3O2S2/c1-3-21-15-18-12(10-22-15)7-14(19)17-8-11(2)20-13-5-4-6-16-9-13/h4-6,9-11H,3,7-8H2,1-2H3,(H,17,19)/t11-/m0/s1. The van der Waals surface area contributed by atoms with Crippen LogP contribution >= 0.6 is 23.1 Å². The summed E-state index contributed by atoms with van der Waals surface area (Å²) in [6.07, 6.45) is 3.54. The highest BCUT2D eigenvalue weighted by molar-refractivity contribution is 8.00. The average molecular weight is 337 g/mol. The van der Waals surface area contributed by atoms with E-state index in [1.165, 1.54) is 0 Å². The zero-order valence-electron chi connectivity index (χ0n) is 12.6. The number of nitrogens with one attached hydrogen (secondary N) is 1. The van der Waals surface area contributed by atoms with Crippen LogP contribution in [0.2, 0.25) is 0 Å². The number of hydrogen-bond donors (Lipinski definition) is 1. The number of thiazole rings is 1. The maximum atomic E-state index is 11.9. The van der Waals surface area contributed by atoms with Crippen LogP contribution in [0.5, 0.6) is 5.75 Å². The van der Waals surface area contributed by atoms with Crippen LogP contribution in [0.4, 0.5) is 0 Å². The number of carbonyl (C=O) groups is 1. The molecule has 2 aromatic rings. The van der Waals surface area contributed by atoms with Crippen molar-refractivity contribution < 1.29 is 9.53 Å². The molecule has 0 unspecified atom stereocenters. The Morgan fingerprint density at radius 1 is 1.55 bits per heavy atom. The fourth-order valence-electron chi connectivity index (χ4n) is 1.73. The zero-order valence-corrected chi connectivity index (χ0v) is 14.2.